The summed E-state index contributed by atoms with van der Waals surface area (Å²) in [6.45, 7) is 6.82. The molecule has 2 aromatic rings. The molecule has 0 saturated carbocycles. The molecule has 0 bridgehead atoms. The fourth-order valence-electron chi connectivity index (χ4n) is 2.30. The number of hydrogen-bond acceptors (Lipinski definition) is 3. The maximum Gasteiger partial charge on any atom is 0.244 e. The number of benzene rings is 1. The maximum atomic E-state index is 11.8. The number of rotatable bonds is 6. The fraction of sp³-hybridized carbons (Fsp3) is 0.333. The predicted molar refractivity (Wildman–Crippen MR) is 91.4 cm³/mol. The van der Waals surface area contributed by atoms with Crippen molar-refractivity contribution < 1.29 is 9.53 Å². The van der Waals surface area contributed by atoms with Gasteiger partial charge in [-0.3, -0.25) is 9.48 Å². The third kappa shape index (κ3) is 4.71. The minimum absolute atomic E-state index is 0.138. The van der Waals surface area contributed by atoms with Crippen molar-refractivity contribution in [2.75, 3.05) is 13.2 Å². The van der Waals surface area contributed by atoms with Gasteiger partial charge in [-0.25, -0.2) is 0 Å². The van der Waals surface area contributed by atoms with E-state index in [-0.39, 0.29) is 5.91 Å². The van der Waals surface area contributed by atoms with Gasteiger partial charge in [0, 0.05) is 24.4 Å². The van der Waals surface area contributed by atoms with Gasteiger partial charge in [0.2, 0.25) is 5.91 Å². The molecule has 1 aromatic heterocycles. The van der Waals surface area contributed by atoms with Crippen molar-refractivity contribution in [1.29, 1.82) is 0 Å². The summed E-state index contributed by atoms with van der Waals surface area (Å²) in [5.41, 5.74) is 4.08. The van der Waals surface area contributed by atoms with E-state index in [1.165, 1.54) is 6.08 Å². The molecule has 0 aliphatic carbocycles. The molecule has 23 heavy (non-hydrogen) atoms. The van der Waals surface area contributed by atoms with E-state index >= 15 is 0 Å². The van der Waals surface area contributed by atoms with Gasteiger partial charge in [-0.15, -0.1) is 0 Å². The highest BCUT2D eigenvalue weighted by Crippen LogP contribution is 2.13. The molecule has 5 heteroatoms. The Balaban J connectivity index is 1.78. The van der Waals surface area contributed by atoms with Crippen LogP contribution in [0.5, 0.6) is 5.75 Å². The first-order valence-electron chi connectivity index (χ1n) is 7.63. The van der Waals surface area contributed by atoms with Crippen LogP contribution in [0.1, 0.15) is 22.5 Å². The van der Waals surface area contributed by atoms with Gasteiger partial charge in [-0.2, -0.15) is 5.10 Å². The topological polar surface area (TPSA) is 56.1 Å². The summed E-state index contributed by atoms with van der Waals surface area (Å²) in [5.74, 6) is 0.678. The molecule has 0 aliphatic rings. The molecule has 0 atom stereocenters. The second-order valence-electron chi connectivity index (χ2n) is 5.50. The van der Waals surface area contributed by atoms with E-state index in [4.69, 9.17) is 4.74 Å². The lowest BCUT2D eigenvalue weighted by Gasteiger charge is -2.07. The number of nitrogens with zero attached hydrogens (tertiary/aromatic N) is 2. The minimum atomic E-state index is -0.138. The summed E-state index contributed by atoms with van der Waals surface area (Å²) >= 11 is 0. The van der Waals surface area contributed by atoms with Gasteiger partial charge in [-0.05, 0) is 44.5 Å². The van der Waals surface area contributed by atoms with Crippen LogP contribution in [0.4, 0.5) is 0 Å². The number of carbonyl (C=O) groups is 1. The van der Waals surface area contributed by atoms with Crippen molar-refractivity contribution in [2.24, 2.45) is 7.05 Å². The summed E-state index contributed by atoms with van der Waals surface area (Å²) < 4.78 is 7.40. The van der Waals surface area contributed by atoms with E-state index in [0.717, 1.165) is 28.3 Å². The van der Waals surface area contributed by atoms with Crippen LogP contribution in [0, 0.1) is 20.8 Å². The van der Waals surface area contributed by atoms with Crippen molar-refractivity contribution in [3.63, 3.8) is 0 Å². The molecule has 0 radical (unpaired) electrons. The van der Waals surface area contributed by atoms with Crippen molar-refractivity contribution in [1.82, 2.24) is 15.1 Å². The molecule has 1 amide bonds. The summed E-state index contributed by atoms with van der Waals surface area (Å²) in [6, 6.07) is 7.84. The SMILES string of the molecule is Cc1cccc(OCCNC(=O)C=Cc2c(C)nn(C)c2C)c1. The smallest absolute Gasteiger partial charge is 0.244 e. The van der Waals surface area contributed by atoms with Gasteiger partial charge >= 0.3 is 0 Å². The number of aryl methyl sites for hydroxylation is 3. The van der Waals surface area contributed by atoms with Crippen molar-refractivity contribution in [3.05, 3.63) is 52.9 Å². The average Bonchev–Trinajstić information content (AvgIpc) is 2.75. The van der Waals surface area contributed by atoms with E-state index < -0.39 is 0 Å². The number of nitrogens with one attached hydrogen (secondary N) is 1. The lowest BCUT2D eigenvalue weighted by molar-refractivity contribution is -0.116. The van der Waals surface area contributed by atoms with E-state index in [0.29, 0.717) is 13.2 Å². The summed E-state index contributed by atoms with van der Waals surface area (Å²) in [6.07, 6.45) is 3.33. The highest BCUT2D eigenvalue weighted by Gasteiger charge is 2.06. The van der Waals surface area contributed by atoms with Gasteiger partial charge in [-0.1, -0.05) is 12.1 Å². The maximum absolute atomic E-state index is 11.8. The normalized spacial score (nSPS) is 11.0. The Bertz CT molecular complexity index is 717. The van der Waals surface area contributed by atoms with Crippen LogP contribution in [-0.2, 0) is 11.8 Å². The van der Waals surface area contributed by atoms with E-state index in [1.54, 1.807) is 6.08 Å². The minimum Gasteiger partial charge on any atom is -0.492 e. The van der Waals surface area contributed by atoms with Crippen molar-refractivity contribution in [2.45, 2.75) is 20.8 Å². The highest BCUT2D eigenvalue weighted by atomic mass is 16.5. The Kier molecular flexibility index (Phi) is 5.57. The van der Waals surface area contributed by atoms with Crippen LogP contribution in [0.25, 0.3) is 6.08 Å². The zero-order valence-electron chi connectivity index (χ0n) is 14.1. The average molecular weight is 313 g/mol. The standard InChI is InChI=1S/C18H23N3O2/c1-13-6-5-7-16(12-13)23-11-10-19-18(22)9-8-17-14(2)20-21(4)15(17)3/h5-9,12H,10-11H2,1-4H3,(H,19,22). The molecule has 1 aromatic carbocycles. The van der Waals surface area contributed by atoms with Crippen LogP contribution < -0.4 is 10.1 Å². The number of amides is 1. The molecule has 5 nitrogen and oxygen atoms in total. The second-order valence-corrected chi connectivity index (χ2v) is 5.50. The summed E-state index contributed by atoms with van der Waals surface area (Å²) in [7, 11) is 1.89. The molecular formula is C18H23N3O2. The first kappa shape index (κ1) is 16.8. The Morgan fingerprint density at radius 2 is 2.13 bits per heavy atom. The van der Waals surface area contributed by atoms with E-state index in [1.807, 2.05) is 56.8 Å². The highest BCUT2D eigenvalue weighted by molar-refractivity contribution is 5.91. The summed E-state index contributed by atoms with van der Waals surface area (Å²) in [5, 5.41) is 7.12. The van der Waals surface area contributed by atoms with Crippen molar-refractivity contribution in [3.8, 4) is 5.75 Å². The molecular weight excluding hydrogens is 290 g/mol. The third-order valence-electron chi connectivity index (χ3n) is 3.63. The van der Waals surface area contributed by atoms with Gasteiger partial charge in [0.05, 0.1) is 12.2 Å². The van der Waals surface area contributed by atoms with Crippen LogP contribution in [0.15, 0.2) is 30.3 Å². The van der Waals surface area contributed by atoms with Gasteiger partial charge in [0.15, 0.2) is 0 Å². The Morgan fingerprint density at radius 1 is 1.35 bits per heavy atom. The fourth-order valence-corrected chi connectivity index (χ4v) is 2.30. The monoisotopic (exact) mass is 313 g/mol. The first-order valence-corrected chi connectivity index (χ1v) is 7.63. The van der Waals surface area contributed by atoms with Crippen LogP contribution >= 0.6 is 0 Å². The molecule has 0 fully saturated rings. The predicted octanol–water partition coefficient (Wildman–Crippen LogP) is 2.55. The Hall–Kier alpha value is -2.56. The van der Waals surface area contributed by atoms with Crippen LogP contribution in [-0.4, -0.2) is 28.8 Å². The molecule has 1 heterocycles. The zero-order valence-corrected chi connectivity index (χ0v) is 14.1. The quantitative estimate of drug-likeness (QED) is 0.659. The van der Waals surface area contributed by atoms with E-state index in [9.17, 15) is 4.79 Å². The number of hydrogen-bond donors (Lipinski definition) is 1. The summed E-state index contributed by atoms with van der Waals surface area (Å²) in [4.78, 5) is 11.8. The first-order chi connectivity index (χ1) is 11.0. The molecule has 0 saturated heterocycles. The second kappa shape index (κ2) is 7.63. The molecule has 2 rings (SSSR count). The Morgan fingerprint density at radius 3 is 2.78 bits per heavy atom. The molecule has 0 spiro atoms. The Labute approximate surface area is 137 Å². The lowest BCUT2D eigenvalue weighted by Crippen LogP contribution is -2.26. The molecule has 0 aliphatic heterocycles. The van der Waals surface area contributed by atoms with Crippen LogP contribution in [0.3, 0.4) is 0 Å². The third-order valence-corrected chi connectivity index (χ3v) is 3.63. The van der Waals surface area contributed by atoms with Gasteiger partial charge in [0.1, 0.15) is 12.4 Å². The number of ether oxygens (including phenoxy) is 1. The van der Waals surface area contributed by atoms with Crippen LogP contribution in [0.2, 0.25) is 0 Å². The van der Waals surface area contributed by atoms with E-state index in [2.05, 4.69) is 10.4 Å². The largest absolute Gasteiger partial charge is 0.492 e. The molecule has 122 valence electrons. The number of aromatic nitrogens is 2. The molecule has 0 unspecified atom stereocenters. The van der Waals surface area contributed by atoms with Crippen molar-refractivity contribution >= 4 is 12.0 Å². The van der Waals surface area contributed by atoms with Gasteiger partial charge in [0.25, 0.3) is 0 Å². The number of carbonyl (C=O) groups excluding carboxylic acids is 1. The van der Waals surface area contributed by atoms with Gasteiger partial charge < -0.3 is 10.1 Å². The molecule has 1 N–H and O–H groups in total. The lowest BCUT2D eigenvalue weighted by atomic mass is 10.2. The zero-order chi connectivity index (χ0) is 16.8.